The molecular weight excluding hydrogens is 304 g/mol. The first-order valence-corrected chi connectivity index (χ1v) is 9.43. The number of epoxide rings is 1. The molecule has 2 aliphatic carbocycles. The van der Waals surface area contributed by atoms with Crippen LogP contribution in [0, 0.1) is 22.7 Å². The van der Waals surface area contributed by atoms with E-state index in [0.717, 1.165) is 24.8 Å². The first kappa shape index (κ1) is 16.6. The lowest BCUT2D eigenvalue weighted by atomic mass is 9.44. The van der Waals surface area contributed by atoms with Crippen LogP contribution in [-0.4, -0.2) is 35.5 Å². The third-order valence-corrected chi connectivity index (χ3v) is 8.31. The summed E-state index contributed by atoms with van der Waals surface area (Å²) in [6.07, 6.45) is 6.53. The number of carbonyl (C=O) groups is 1. The number of aliphatic hydroxyl groups excluding tert-OH is 1. The number of rotatable bonds is 3. The van der Waals surface area contributed by atoms with Gasteiger partial charge in [0.25, 0.3) is 0 Å². The minimum atomic E-state index is -0.340. The first-order chi connectivity index (χ1) is 11.2. The third kappa shape index (κ3) is 2.08. The van der Waals surface area contributed by atoms with Gasteiger partial charge in [-0.3, -0.25) is 0 Å². The Hall–Kier alpha value is -0.870. The van der Waals surface area contributed by atoms with E-state index in [9.17, 15) is 9.90 Å². The number of ether oxygens (including phenoxy) is 2. The summed E-state index contributed by atoms with van der Waals surface area (Å²) in [5, 5.41) is 10.6. The predicted molar refractivity (Wildman–Crippen MR) is 90.3 cm³/mol. The van der Waals surface area contributed by atoms with E-state index < -0.39 is 0 Å². The maximum absolute atomic E-state index is 11.3. The first-order valence-electron chi connectivity index (χ1n) is 9.43. The molecule has 0 aromatic heterocycles. The molecule has 134 valence electrons. The number of carbonyl (C=O) groups excluding carboxylic acids is 1. The molecule has 1 saturated heterocycles. The van der Waals surface area contributed by atoms with Gasteiger partial charge >= 0.3 is 5.97 Å². The summed E-state index contributed by atoms with van der Waals surface area (Å²) >= 11 is 0. The van der Waals surface area contributed by atoms with Crippen LogP contribution in [0.15, 0.2) is 11.6 Å². The Labute approximate surface area is 144 Å². The molecule has 4 heteroatoms. The maximum Gasteiger partial charge on any atom is 0.331 e. The fourth-order valence-electron chi connectivity index (χ4n) is 6.12. The molecule has 0 radical (unpaired) electrons. The van der Waals surface area contributed by atoms with Crippen molar-refractivity contribution in [2.45, 2.75) is 77.6 Å². The van der Waals surface area contributed by atoms with Crippen LogP contribution in [0.5, 0.6) is 0 Å². The van der Waals surface area contributed by atoms with Crippen molar-refractivity contribution in [3.05, 3.63) is 11.6 Å². The number of hydrogen-bond acceptors (Lipinski definition) is 4. The Balaban J connectivity index is 1.60. The summed E-state index contributed by atoms with van der Waals surface area (Å²) in [6, 6.07) is 0. The van der Waals surface area contributed by atoms with Gasteiger partial charge in [-0.15, -0.1) is 0 Å². The minimum Gasteiger partial charge on any atom is -0.458 e. The molecule has 1 N–H and O–H groups in total. The largest absolute Gasteiger partial charge is 0.458 e. The molecule has 7 atom stereocenters. The van der Waals surface area contributed by atoms with Gasteiger partial charge in [0.1, 0.15) is 18.3 Å². The second-order valence-corrected chi connectivity index (χ2v) is 9.27. The van der Waals surface area contributed by atoms with Crippen molar-refractivity contribution in [1.82, 2.24) is 0 Å². The van der Waals surface area contributed by atoms with E-state index in [1.807, 2.05) is 0 Å². The summed E-state index contributed by atoms with van der Waals surface area (Å²) < 4.78 is 11.1. The quantitative estimate of drug-likeness (QED) is 0.636. The van der Waals surface area contributed by atoms with Crippen LogP contribution in [0.4, 0.5) is 0 Å². The van der Waals surface area contributed by atoms with Crippen LogP contribution >= 0.6 is 0 Å². The van der Waals surface area contributed by atoms with E-state index in [2.05, 4.69) is 27.7 Å². The molecule has 2 aliphatic heterocycles. The van der Waals surface area contributed by atoms with E-state index in [4.69, 9.17) is 9.47 Å². The van der Waals surface area contributed by atoms with E-state index in [0.29, 0.717) is 18.4 Å². The monoisotopic (exact) mass is 334 g/mol. The van der Waals surface area contributed by atoms with Gasteiger partial charge < -0.3 is 14.6 Å². The highest BCUT2D eigenvalue weighted by atomic mass is 16.6. The Morgan fingerprint density at radius 1 is 1.33 bits per heavy atom. The molecule has 4 rings (SSSR count). The number of aliphatic hydroxyl groups is 1. The summed E-state index contributed by atoms with van der Waals surface area (Å²) in [4.78, 5) is 11.3. The van der Waals surface area contributed by atoms with Crippen LogP contribution in [0.25, 0.3) is 0 Å². The summed E-state index contributed by atoms with van der Waals surface area (Å²) in [7, 11) is 0. The lowest BCUT2D eigenvalue weighted by molar-refractivity contribution is -0.135. The minimum absolute atomic E-state index is 0.0277. The van der Waals surface area contributed by atoms with E-state index in [-0.39, 0.29) is 34.6 Å². The maximum atomic E-state index is 11.3. The number of esters is 1. The third-order valence-electron chi connectivity index (χ3n) is 8.31. The average molecular weight is 334 g/mol. The Bertz CT molecular complexity index is 598. The van der Waals surface area contributed by atoms with Crippen molar-refractivity contribution in [3.63, 3.8) is 0 Å². The van der Waals surface area contributed by atoms with E-state index in [1.54, 1.807) is 6.08 Å². The van der Waals surface area contributed by atoms with Crippen LogP contribution in [0.3, 0.4) is 0 Å². The molecule has 0 amide bonds. The lowest BCUT2D eigenvalue weighted by Crippen LogP contribution is -2.58. The number of fused-ring (bicyclic) bond motifs is 3. The van der Waals surface area contributed by atoms with E-state index >= 15 is 0 Å². The Morgan fingerprint density at radius 3 is 2.75 bits per heavy atom. The molecule has 0 unspecified atom stereocenters. The molecule has 2 heterocycles. The molecule has 0 aromatic rings. The zero-order chi connectivity index (χ0) is 17.3. The van der Waals surface area contributed by atoms with Gasteiger partial charge in [-0.25, -0.2) is 4.79 Å². The van der Waals surface area contributed by atoms with Crippen LogP contribution in [0.2, 0.25) is 0 Å². The van der Waals surface area contributed by atoms with E-state index in [1.165, 1.54) is 12.8 Å². The smallest absolute Gasteiger partial charge is 0.331 e. The molecule has 4 nitrogen and oxygen atoms in total. The van der Waals surface area contributed by atoms with Crippen LogP contribution in [0.1, 0.15) is 59.8 Å². The van der Waals surface area contributed by atoms with Crippen molar-refractivity contribution >= 4 is 5.97 Å². The normalized spacial score (nSPS) is 53.0. The molecule has 3 fully saturated rings. The lowest BCUT2D eigenvalue weighted by Gasteiger charge is -2.59. The van der Waals surface area contributed by atoms with Crippen molar-refractivity contribution in [1.29, 1.82) is 0 Å². The highest BCUT2D eigenvalue weighted by Crippen LogP contribution is 2.70. The zero-order valence-electron chi connectivity index (χ0n) is 15.3. The summed E-state index contributed by atoms with van der Waals surface area (Å²) in [6.45, 7) is 9.80. The Kier molecular flexibility index (Phi) is 3.51. The standard InChI is InChI=1S/C20H30O4/c1-12-5-8-19(3)15(10-14(21)17-20(19,4)24-17)18(12,2)7-6-13-9-16(22)23-11-13/h9,12,14-15,17,21H,5-8,10-11H2,1-4H3/t12-,14+,15-,17+,18+,19+,20+/m1/s1. The van der Waals surface area contributed by atoms with Crippen molar-refractivity contribution in [3.8, 4) is 0 Å². The number of cyclic esters (lactones) is 1. The second kappa shape index (κ2) is 5.07. The molecule has 0 bridgehead atoms. The topological polar surface area (TPSA) is 59.1 Å². The molecule has 0 spiro atoms. The van der Waals surface area contributed by atoms with Gasteiger partial charge in [-0.1, -0.05) is 20.8 Å². The molecule has 24 heavy (non-hydrogen) atoms. The van der Waals surface area contributed by atoms with Crippen molar-refractivity contribution in [2.24, 2.45) is 22.7 Å². The molecule has 2 saturated carbocycles. The van der Waals surface area contributed by atoms with Gasteiger partial charge in [0.2, 0.25) is 0 Å². The number of hydrogen-bond donors (Lipinski definition) is 1. The van der Waals surface area contributed by atoms with Crippen LogP contribution < -0.4 is 0 Å². The SMILES string of the molecule is C[C@@H]1CC[C@@]2(C)[C@H](C[C@H](O)[C@@H]3O[C@@]32C)[C@@]1(C)CCC1=CC(=O)OC1. The van der Waals surface area contributed by atoms with Gasteiger partial charge in [-0.2, -0.15) is 0 Å². The van der Waals surface area contributed by atoms with Crippen molar-refractivity contribution < 1.29 is 19.4 Å². The average Bonchev–Trinajstić information content (AvgIpc) is 3.09. The fourth-order valence-corrected chi connectivity index (χ4v) is 6.12. The second-order valence-electron chi connectivity index (χ2n) is 9.27. The van der Waals surface area contributed by atoms with Crippen LogP contribution in [-0.2, 0) is 14.3 Å². The fraction of sp³-hybridized carbons (Fsp3) is 0.850. The highest BCUT2D eigenvalue weighted by molar-refractivity contribution is 5.85. The molecular formula is C20H30O4. The summed E-state index contributed by atoms with van der Waals surface area (Å²) in [5.41, 5.74) is 1.24. The molecule has 0 aromatic carbocycles. The van der Waals surface area contributed by atoms with Gasteiger partial charge in [-0.05, 0) is 61.9 Å². The molecule has 4 aliphatic rings. The predicted octanol–water partition coefficient (Wildman–Crippen LogP) is 3.23. The van der Waals surface area contributed by atoms with Gasteiger partial charge in [0.15, 0.2) is 0 Å². The summed E-state index contributed by atoms with van der Waals surface area (Å²) in [5.74, 6) is 0.859. The van der Waals surface area contributed by atoms with Crippen molar-refractivity contribution in [2.75, 3.05) is 6.61 Å². The van der Waals surface area contributed by atoms with Gasteiger partial charge in [0.05, 0.1) is 6.10 Å². The zero-order valence-corrected chi connectivity index (χ0v) is 15.3. The highest BCUT2D eigenvalue weighted by Gasteiger charge is 2.74. The van der Waals surface area contributed by atoms with Gasteiger partial charge in [0, 0.05) is 11.5 Å². The Morgan fingerprint density at radius 2 is 2.08 bits per heavy atom.